The smallest absolute Gasteiger partial charge is 0.262 e. The van der Waals surface area contributed by atoms with Crippen LogP contribution in [0.2, 0.25) is 0 Å². The van der Waals surface area contributed by atoms with Crippen LogP contribution in [-0.2, 0) is 11.2 Å². The van der Waals surface area contributed by atoms with Crippen molar-refractivity contribution in [1.82, 2.24) is 5.32 Å². The highest BCUT2D eigenvalue weighted by Crippen LogP contribution is 2.20. The zero-order chi connectivity index (χ0) is 15.9. The van der Waals surface area contributed by atoms with Crippen molar-refractivity contribution in [3.63, 3.8) is 0 Å². The van der Waals surface area contributed by atoms with Crippen molar-refractivity contribution in [2.75, 3.05) is 0 Å². The molecular formula is C18H18N2OS. The summed E-state index contributed by atoms with van der Waals surface area (Å²) in [6, 6.07) is 15.5. The SMILES string of the molecule is CCc1ccc(/C=C(\C#N)C(=O)N[C@H](C)c2ccccc2)s1. The molecule has 112 valence electrons. The van der Waals surface area contributed by atoms with E-state index in [1.54, 1.807) is 17.4 Å². The van der Waals surface area contributed by atoms with Gasteiger partial charge in [0.05, 0.1) is 6.04 Å². The fraction of sp³-hybridized carbons (Fsp3) is 0.222. The van der Waals surface area contributed by atoms with Gasteiger partial charge in [0.1, 0.15) is 11.6 Å². The summed E-state index contributed by atoms with van der Waals surface area (Å²) in [5.74, 6) is -0.342. The Morgan fingerprint density at radius 3 is 2.64 bits per heavy atom. The molecule has 0 aliphatic heterocycles. The minimum absolute atomic E-state index is 0.132. The van der Waals surface area contributed by atoms with Crippen LogP contribution >= 0.6 is 11.3 Å². The maximum atomic E-state index is 12.2. The van der Waals surface area contributed by atoms with E-state index in [0.717, 1.165) is 16.9 Å². The Bertz CT molecular complexity index is 710. The van der Waals surface area contributed by atoms with E-state index < -0.39 is 0 Å². The van der Waals surface area contributed by atoms with Crippen LogP contribution < -0.4 is 5.32 Å². The first-order chi connectivity index (χ1) is 10.6. The molecule has 0 aliphatic carbocycles. The average Bonchev–Trinajstić information content (AvgIpc) is 3.01. The van der Waals surface area contributed by atoms with Crippen LogP contribution in [0.3, 0.4) is 0 Å². The first-order valence-electron chi connectivity index (χ1n) is 7.20. The second-order valence-corrected chi connectivity index (χ2v) is 6.13. The van der Waals surface area contributed by atoms with Gasteiger partial charge in [0.2, 0.25) is 0 Å². The normalized spacial score (nSPS) is 12.5. The van der Waals surface area contributed by atoms with Gasteiger partial charge in [0.25, 0.3) is 5.91 Å². The number of nitrogens with one attached hydrogen (secondary N) is 1. The van der Waals surface area contributed by atoms with Crippen molar-refractivity contribution in [2.45, 2.75) is 26.3 Å². The Morgan fingerprint density at radius 2 is 2.05 bits per heavy atom. The van der Waals surface area contributed by atoms with Crippen molar-refractivity contribution in [3.8, 4) is 6.07 Å². The second kappa shape index (κ2) is 7.58. The van der Waals surface area contributed by atoms with Crippen LogP contribution in [0.4, 0.5) is 0 Å². The van der Waals surface area contributed by atoms with Crippen molar-refractivity contribution in [1.29, 1.82) is 5.26 Å². The second-order valence-electron chi connectivity index (χ2n) is 4.93. The first-order valence-corrected chi connectivity index (χ1v) is 8.02. The molecular weight excluding hydrogens is 292 g/mol. The summed E-state index contributed by atoms with van der Waals surface area (Å²) in [7, 11) is 0. The number of amides is 1. The number of nitriles is 1. The van der Waals surface area contributed by atoms with E-state index in [1.165, 1.54) is 4.88 Å². The van der Waals surface area contributed by atoms with Crippen LogP contribution in [-0.4, -0.2) is 5.91 Å². The third kappa shape index (κ3) is 4.06. The number of carbonyl (C=O) groups excluding carboxylic acids is 1. The predicted molar refractivity (Wildman–Crippen MR) is 90.3 cm³/mol. The zero-order valence-electron chi connectivity index (χ0n) is 12.7. The third-order valence-corrected chi connectivity index (χ3v) is 4.51. The molecule has 2 rings (SSSR count). The molecule has 22 heavy (non-hydrogen) atoms. The number of aryl methyl sites for hydroxylation is 1. The molecule has 0 radical (unpaired) electrons. The molecule has 0 spiro atoms. The number of thiophene rings is 1. The van der Waals surface area contributed by atoms with Gasteiger partial charge >= 0.3 is 0 Å². The first kappa shape index (κ1) is 16.0. The Kier molecular flexibility index (Phi) is 5.51. The molecule has 1 atom stereocenters. The average molecular weight is 310 g/mol. The lowest BCUT2D eigenvalue weighted by molar-refractivity contribution is -0.117. The molecule has 0 saturated carbocycles. The number of hydrogen-bond acceptors (Lipinski definition) is 3. The van der Waals surface area contributed by atoms with E-state index in [0.29, 0.717) is 0 Å². The monoisotopic (exact) mass is 310 g/mol. The van der Waals surface area contributed by atoms with Gasteiger partial charge in [-0.1, -0.05) is 37.3 Å². The fourth-order valence-corrected chi connectivity index (χ4v) is 2.95. The lowest BCUT2D eigenvalue weighted by Gasteiger charge is -2.13. The summed E-state index contributed by atoms with van der Waals surface area (Å²) in [5.41, 5.74) is 1.14. The van der Waals surface area contributed by atoms with Gasteiger partial charge in [0, 0.05) is 9.75 Å². The molecule has 0 fully saturated rings. The number of hydrogen-bond donors (Lipinski definition) is 1. The van der Waals surface area contributed by atoms with Crippen molar-refractivity contribution >= 4 is 23.3 Å². The Labute approximate surface area is 134 Å². The van der Waals surface area contributed by atoms with Gasteiger partial charge in [-0.15, -0.1) is 11.3 Å². The van der Waals surface area contributed by atoms with E-state index in [2.05, 4.69) is 12.2 Å². The fourth-order valence-electron chi connectivity index (χ4n) is 2.05. The standard InChI is InChI=1S/C18H18N2OS/c1-3-16-9-10-17(22-16)11-15(12-19)18(21)20-13(2)14-7-5-4-6-8-14/h4-11,13H,3H2,1-2H3,(H,20,21)/b15-11+/t13-/m1/s1. The number of carbonyl (C=O) groups is 1. The van der Waals surface area contributed by atoms with Crippen molar-refractivity contribution in [3.05, 3.63) is 63.4 Å². The topological polar surface area (TPSA) is 52.9 Å². The van der Waals surface area contributed by atoms with Gasteiger partial charge in [-0.3, -0.25) is 4.79 Å². The maximum Gasteiger partial charge on any atom is 0.262 e. The summed E-state index contributed by atoms with van der Waals surface area (Å²) in [4.78, 5) is 14.4. The maximum absolute atomic E-state index is 12.2. The van der Waals surface area contributed by atoms with Crippen LogP contribution in [0, 0.1) is 11.3 Å². The highest BCUT2D eigenvalue weighted by molar-refractivity contribution is 7.12. The zero-order valence-corrected chi connectivity index (χ0v) is 13.5. The van der Waals surface area contributed by atoms with E-state index in [1.807, 2.05) is 55.5 Å². The van der Waals surface area contributed by atoms with E-state index >= 15 is 0 Å². The lowest BCUT2D eigenvalue weighted by Crippen LogP contribution is -2.27. The highest BCUT2D eigenvalue weighted by Gasteiger charge is 2.14. The molecule has 0 unspecified atom stereocenters. The Hall–Kier alpha value is -2.38. The van der Waals surface area contributed by atoms with Crippen molar-refractivity contribution in [2.24, 2.45) is 0 Å². The molecule has 1 aromatic heterocycles. The van der Waals surface area contributed by atoms with Gasteiger partial charge in [-0.05, 0) is 37.1 Å². The predicted octanol–water partition coefficient (Wildman–Crippen LogP) is 4.09. The van der Waals surface area contributed by atoms with Crippen LogP contribution in [0.1, 0.15) is 35.2 Å². The molecule has 1 N–H and O–H groups in total. The van der Waals surface area contributed by atoms with Gasteiger partial charge < -0.3 is 5.32 Å². The van der Waals surface area contributed by atoms with Crippen LogP contribution in [0.25, 0.3) is 6.08 Å². The number of benzene rings is 1. The summed E-state index contributed by atoms with van der Waals surface area (Å²) in [6.45, 7) is 3.99. The number of rotatable bonds is 5. The van der Waals surface area contributed by atoms with Crippen LogP contribution in [0.5, 0.6) is 0 Å². The molecule has 0 aliphatic rings. The van der Waals surface area contributed by atoms with E-state index in [4.69, 9.17) is 0 Å². The molecule has 1 heterocycles. The molecule has 1 amide bonds. The molecule has 3 nitrogen and oxygen atoms in total. The number of nitrogens with zero attached hydrogens (tertiary/aromatic N) is 1. The largest absolute Gasteiger partial charge is 0.345 e. The van der Waals surface area contributed by atoms with E-state index in [-0.39, 0.29) is 17.5 Å². The Balaban J connectivity index is 2.11. The lowest BCUT2D eigenvalue weighted by atomic mass is 10.1. The molecule has 0 bridgehead atoms. The molecule has 2 aromatic rings. The minimum Gasteiger partial charge on any atom is -0.345 e. The summed E-state index contributed by atoms with van der Waals surface area (Å²) in [5, 5.41) is 12.1. The van der Waals surface area contributed by atoms with E-state index in [9.17, 15) is 10.1 Å². The molecule has 1 aromatic carbocycles. The summed E-state index contributed by atoms with van der Waals surface area (Å²) in [6.07, 6.45) is 2.61. The summed E-state index contributed by atoms with van der Waals surface area (Å²) < 4.78 is 0. The van der Waals surface area contributed by atoms with Gasteiger partial charge in [-0.2, -0.15) is 5.26 Å². The van der Waals surface area contributed by atoms with Gasteiger partial charge in [0.15, 0.2) is 0 Å². The Morgan fingerprint density at radius 1 is 1.32 bits per heavy atom. The minimum atomic E-state index is -0.342. The third-order valence-electron chi connectivity index (χ3n) is 3.33. The van der Waals surface area contributed by atoms with Gasteiger partial charge in [-0.25, -0.2) is 0 Å². The quantitative estimate of drug-likeness (QED) is 0.668. The molecule has 4 heteroatoms. The van der Waals surface area contributed by atoms with Crippen molar-refractivity contribution < 1.29 is 4.79 Å². The highest BCUT2D eigenvalue weighted by atomic mass is 32.1. The summed E-state index contributed by atoms with van der Waals surface area (Å²) >= 11 is 1.60. The molecule has 0 saturated heterocycles. The van der Waals surface area contributed by atoms with Crippen LogP contribution in [0.15, 0.2) is 48.0 Å².